The van der Waals surface area contributed by atoms with Crippen molar-refractivity contribution in [3.05, 3.63) is 11.5 Å². The lowest BCUT2D eigenvalue weighted by molar-refractivity contribution is 0.475. The van der Waals surface area contributed by atoms with Gasteiger partial charge in [-0.25, -0.2) is 18.1 Å². The fourth-order valence-electron chi connectivity index (χ4n) is 1.72. The van der Waals surface area contributed by atoms with Crippen molar-refractivity contribution in [3.63, 3.8) is 0 Å². The summed E-state index contributed by atoms with van der Waals surface area (Å²) in [5.74, 6) is 0. The molecule has 1 aliphatic rings. The first kappa shape index (κ1) is 12.9. The average molecular weight is 278 g/mol. The highest BCUT2D eigenvalue weighted by molar-refractivity contribution is 7.89. The van der Waals surface area contributed by atoms with Crippen molar-refractivity contribution in [1.29, 1.82) is 0 Å². The van der Waals surface area contributed by atoms with Gasteiger partial charge in [-0.15, -0.1) is 0 Å². The second-order valence-corrected chi connectivity index (χ2v) is 6.67. The Morgan fingerprint density at radius 3 is 2.65 bits per heavy atom. The van der Waals surface area contributed by atoms with Crippen molar-refractivity contribution in [3.8, 4) is 0 Å². The van der Waals surface area contributed by atoms with E-state index in [-0.39, 0.29) is 15.6 Å². The van der Waals surface area contributed by atoms with Crippen LogP contribution in [-0.2, 0) is 17.1 Å². The highest BCUT2D eigenvalue weighted by Gasteiger charge is 2.41. The molecule has 1 fully saturated rings. The molecular formula is C10H16ClN3O2S. The summed E-state index contributed by atoms with van der Waals surface area (Å²) in [7, 11) is -1.93. The van der Waals surface area contributed by atoms with Gasteiger partial charge < -0.3 is 4.57 Å². The molecule has 2 rings (SSSR count). The lowest BCUT2D eigenvalue weighted by Crippen LogP contribution is -2.30. The van der Waals surface area contributed by atoms with Crippen LogP contribution in [0.3, 0.4) is 0 Å². The molecule has 1 saturated carbocycles. The van der Waals surface area contributed by atoms with Crippen LogP contribution in [0.4, 0.5) is 0 Å². The predicted octanol–water partition coefficient (Wildman–Crippen LogP) is 1.54. The van der Waals surface area contributed by atoms with Gasteiger partial charge in [0.25, 0.3) is 10.0 Å². The number of aryl methyl sites for hydroxylation is 1. The standard InChI is InChI=1S/C10H16ClN3O2S/c1-3-10(4-5-10)6-13-17(15,16)9-8(11)14(2)7-12-9/h7,13H,3-6H2,1-2H3. The van der Waals surface area contributed by atoms with Crippen LogP contribution < -0.4 is 4.72 Å². The molecule has 0 bridgehead atoms. The van der Waals surface area contributed by atoms with E-state index in [2.05, 4.69) is 16.6 Å². The Morgan fingerprint density at radius 1 is 1.59 bits per heavy atom. The van der Waals surface area contributed by atoms with Crippen molar-refractivity contribution >= 4 is 21.6 Å². The number of sulfonamides is 1. The van der Waals surface area contributed by atoms with Crippen molar-refractivity contribution < 1.29 is 8.42 Å². The van der Waals surface area contributed by atoms with E-state index in [4.69, 9.17) is 11.6 Å². The summed E-state index contributed by atoms with van der Waals surface area (Å²) in [4.78, 5) is 3.81. The lowest BCUT2D eigenvalue weighted by atomic mass is 10.1. The third-order valence-electron chi connectivity index (χ3n) is 3.43. The van der Waals surface area contributed by atoms with E-state index in [0.29, 0.717) is 6.54 Å². The first-order chi connectivity index (χ1) is 7.90. The molecule has 17 heavy (non-hydrogen) atoms. The van der Waals surface area contributed by atoms with Gasteiger partial charge in [0, 0.05) is 13.6 Å². The number of aromatic nitrogens is 2. The molecule has 7 heteroatoms. The zero-order valence-corrected chi connectivity index (χ0v) is 11.5. The van der Waals surface area contributed by atoms with Crippen molar-refractivity contribution in [2.45, 2.75) is 31.2 Å². The molecule has 1 aromatic rings. The maximum Gasteiger partial charge on any atom is 0.261 e. The summed E-state index contributed by atoms with van der Waals surface area (Å²) >= 11 is 5.87. The van der Waals surface area contributed by atoms with Gasteiger partial charge in [-0.1, -0.05) is 18.5 Å². The third kappa shape index (κ3) is 2.48. The van der Waals surface area contributed by atoms with Crippen molar-refractivity contribution in [2.24, 2.45) is 12.5 Å². The Hall–Kier alpha value is -0.590. The first-order valence-corrected chi connectivity index (χ1v) is 7.43. The minimum atomic E-state index is -3.59. The predicted molar refractivity (Wildman–Crippen MR) is 65.4 cm³/mol. The van der Waals surface area contributed by atoms with Crippen LogP contribution in [-0.4, -0.2) is 24.5 Å². The topological polar surface area (TPSA) is 64.0 Å². The Morgan fingerprint density at radius 2 is 2.24 bits per heavy atom. The molecule has 0 unspecified atom stereocenters. The first-order valence-electron chi connectivity index (χ1n) is 5.57. The molecule has 96 valence electrons. The van der Waals surface area contributed by atoms with Crippen LogP contribution in [0.5, 0.6) is 0 Å². The molecule has 5 nitrogen and oxygen atoms in total. The van der Waals surface area contributed by atoms with E-state index in [1.165, 1.54) is 10.9 Å². The number of hydrogen-bond acceptors (Lipinski definition) is 3. The van der Waals surface area contributed by atoms with E-state index < -0.39 is 10.0 Å². The van der Waals surface area contributed by atoms with E-state index in [1.54, 1.807) is 7.05 Å². The van der Waals surface area contributed by atoms with Crippen LogP contribution in [0.25, 0.3) is 0 Å². The molecule has 0 atom stereocenters. The van der Waals surface area contributed by atoms with E-state index in [9.17, 15) is 8.42 Å². The van der Waals surface area contributed by atoms with Gasteiger partial charge in [0.1, 0.15) is 5.15 Å². The second kappa shape index (κ2) is 4.26. The Kier molecular flexibility index (Phi) is 3.22. The van der Waals surface area contributed by atoms with E-state index >= 15 is 0 Å². The second-order valence-electron chi connectivity index (χ2n) is 4.63. The molecule has 1 heterocycles. The molecule has 0 aliphatic heterocycles. The molecule has 0 spiro atoms. The van der Waals surface area contributed by atoms with Gasteiger partial charge in [0.05, 0.1) is 6.33 Å². The minimum absolute atomic E-state index is 0.0893. The van der Waals surface area contributed by atoms with Crippen LogP contribution in [0, 0.1) is 5.41 Å². The van der Waals surface area contributed by atoms with Gasteiger partial charge >= 0.3 is 0 Å². The van der Waals surface area contributed by atoms with Gasteiger partial charge in [-0.05, 0) is 24.7 Å². The number of nitrogens with one attached hydrogen (secondary N) is 1. The fourth-order valence-corrected chi connectivity index (χ4v) is 3.30. The van der Waals surface area contributed by atoms with Crippen molar-refractivity contribution in [1.82, 2.24) is 14.3 Å². The average Bonchev–Trinajstić information content (AvgIpc) is 2.99. The Balaban J connectivity index is 2.12. The summed E-state index contributed by atoms with van der Waals surface area (Å²) in [5.41, 5.74) is 0.161. The lowest BCUT2D eigenvalue weighted by Gasteiger charge is -2.12. The number of nitrogens with zero attached hydrogens (tertiary/aromatic N) is 2. The molecule has 0 radical (unpaired) electrons. The van der Waals surface area contributed by atoms with E-state index in [0.717, 1.165) is 19.3 Å². The highest BCUT2D eigenvalue weighted by atomic mass is 35.5. The van der Waals surface area contributed by atoms with Crippen LogP contribution >= 0.6 is 11.6 Å². The minimum Gasteiger partial charge on any atom is -0.324 e. The third-order valence-corrected chi connectivity index (χ3v) is 5.32. The monoisotopic (exact) mass is 277 g/mol. The number of hydrogen-bond donors (Lipinski definition) is 1. The zero-order chi connectivity index (χ0) is 12.7. The van der Waals surface area contributed by atoms with Crippen LogP contribution in [0.2, 0.25) is 5.15 Å². The van der Waals surface area contributed by atoms with Gasteiger partial charge in [-0.2, -0.15) is 0 Å². The quantitative estimate of drug-likeness (QED) is 0.888. The molecule has 0 aromatic carbocycles. The van der Waals surface area contributed by atoms with Crippen molar-refractivity contribution in [2.75, 3.05) is 6.54 Å². The summed E-state index contributed by atoms with van der Waals surface area (Å²) in [6, 6.07) is 0. The summed E-state index contributed by atoms with van der Waals surface area (Å²) in [6.07, 6.45) is 4.55. The number of imidazole rings is 1. The van der Waals surface area contributed by atoms with Gasteiger partial charge in [0.2, 0.25) is 5.03 Å². The Bertz CT molecular complexity index is 520. The van der Waals surface area contributed by atoms with E-state index in [1.807, 2.05) is 0 Å². The molecular weight excluding hydrogens is 262 g/mol. The van der Waals surface area contributed by atoms with Crippen LogP contribution in [0.15, 0.2) is 11.4 Å². The number of rotatable bonds is 5. The fraction of sp³-hybridized carbons (Fsp3) is 0.700. The molecule has 1 N–H and O–H groups in total. The summed E-state index contributed by atoms with van der Waals surface area (Å²) < 4.78 is 28.0. The normalized spacial score (nSPS) is 18.3. The molecule has 0 amide bonds. The molecule has 1 aliphatic carbocycles. The number of halogens is 1. The van der Waals surface area contributed by atoms with Gasteiger partial charge in [0.15, 0.2) is 0 Å². The molecule has 1 aromatic heterocycles. The summed E-state index contributed by atoms with van der Waals surface area (Å²) in [6.45, 7) is 2.55. The molecule has 0 saturated heterocycles. The maximum absolute atomic E-state index is 12.0. The van der Waals surface area contributed by atoms with Gasteiger partial charge in [-0.3, -0.25) is 0 Å². The summed E-state index contributed by atoms with van der Waals surface area (Å²) in [5, 5.41) is 0.0485. The highest BCUT2D eigenvalue weighted by Crippen LogP contribution is 2.48. The maximum atomic E-state index is 12.0. The largest absolute Gasteiger partial charge is 0.324 e. The zero-order valence-electron chi connectivity index (χ0n) is 9.90. The Labute approximate surface area is 106 Å². The van der Waals surface area contributed by atoms with Crippen LogP contribution in [0.1, 0.15) is 26.2 Å². The SMILES string of the molecule is CCC1(CNS(=O)(=O)c2ncn(C)c2Cl)CC1. The smallest absolute Gasteiger partial charge is 0.261 e.